The van der Waals surface area contributed by atoms with Crippen molar-refractivity contribution in [3.63, 3.8) is 0 Å². The Morgan fingerprint density at radius 2 is 1.77 bits per heavy atom. The minimum atomic E-state index is -1.03. The van der Waals surface area contributed by atoms with Gasteiger partial charge in [0.2, 0.25) is 0 Å². The molecule has 0 bridgehead atoms. The van der Waals surface area contributed by atoms with Crippen molar-refractivity contribution >= 4 is 5.91 Å². The molecule has 1 atom stereocenters. The summed E-state index contributed by atoms with van der Waals surface area (Å²) >= 11 is 0. The zero-order valence-corrected chi connectivity index (χ0v) is 18.5. The largest absolute Gasteiger partial charge is 0.378 e. The Labute approximate surface area is 180 Å². The predicted octanol–water partition coefficient (Wildman–Crippen LogP) is 4.24. The SMILES string of the molecule is CN(C)Cc1ccc(C2CCCCN2C(=O)c2ccc(C#CC(C)(C)O)cc2)cc1. The summed E-state index contributed by atoms with van der Waals surface area (Å²) in [6, 6.07) is 16.2. The first kappa shape index (κ1) is 22.1. The fourth-order valence-corrected chi connectivity index (χ4v) is 3.82. The third-order valence-corrected chi connectivity index (χ3v) is 5.27. The number of rotatable bonds is 4. The van der Waals surface area contributed by atoms with E-state index < -0.39 is 5.60 Å². The maximum atomic E-state index is 13.3. The van der Waals surface area contributed by atoms with Gasteiger partial charge in [-0.05, 0) is 82.6 Å². The van der Waals surface area contributed by atoms with Crippen LogP contribution in [0, 0.1) is 11.8 Å². The smallest absolute Gasteiger partial charge is 0.254 e. The molecule has 0 aromatic heterocycles. The maximum Gasteiger partial charge on any atom is 0.254 e. The van der Waals surface area contributed by atoms with Crippen LogP contribution >= 0.6 is 0 Å². The third kappa shape index (κ3) is 5.95. The summed E-state index contributed by atoms with van der Waals surface area (Å²) in [5.74, 6) is 5.83. The molecule has 1 fully saturated rings. The van der Waals surface area contributed by atoms with Gasteiger partial charge in [0.05, 0.1) is 6.04 Å². The van der Waals surface area contributed by atoms with Gasteiger partial charge in [-0.25, -0.2) is 0 Å². The Kier molecular flexibility index (Phi) is 6.97. The lowest BCUT2D eigenvalue weighted by molar-refractivity contribution is 0.0611. The van der Waals surface area contributed by atoms with Gasteiger partial charge < -0.3 is 14.9 Å². The molecule has 2 aromatic rings. The highest BCUT2D eigenvalue weighted by atomic mass is 16.3. The van der Waals surface area contributed by atoms with E-state index in [1.54, 1.807) is 13.8 Å². The minimum Gasteiger partial charge on any atom is -0.378 e. The maximum absolute atomic E-state index is 13.3. The van der Waals surface area contributed by atoms with Gasteiger partial charge in [-0.2, -0.15) is 0 Å². The number of carbonyl (C=O) groups is 1. The molecule has 0 spiro atoms. The quantitative estimate of drug-likeness (QED) is 0.776. The van der Waals surface area contributed by atoms with Crippen molar-refractivity contribution in [1.82, 2.24) is 9.80 Å². The van der Waals surface area contributed by atoms with Crippen molar-refractivity contribution in [2.45, 2.75) is 51.3 Å². The number of piperidine rings is 1. The fraction of sp³-hybridized carbons (Fsp3) is 0.423. The lowest BCUT2D eigenvalue weighted by Gasteiger charge is -2.36. The summed E-state index contributed by atoms with van der Waals surface area (Å²) < 4.78 is 0. The molecule has 0 radical (unpaired) electrons. The van der Waals surface area contributed by atoms with E-state index in [1.165, 1.54) is 11.1 Å². The average molecular weight is 405 g/mol. The molecule has 3 rings (SSSR count). The van der Waals surface area contributed by atoms with Crippen LogP contribution < -0.4 is 0 Å². The van der Waals surface area contributed by atoms with Gasteiger partial charge in [0.1, 0.15) is 5.60 Å². The molecule has 4 nitrogen and oxygen atoms in total. The van der Waals surface area contributed by atoms with Gasteiger partial charge in [0.25, 0.3) is 5.91 Å². The van der Waals surface area contributed by atoms with Crippen LogP contribution in [-0.4, -0.2) is 47.1 Å². The van der Waals surface area contributed by atoms with Crippen LogP contribution in [0.2, 0.25) is 0 Å². The molecular weight excluding hydrogens is 372 g/mol. The van der Waals surface area contributed by atoms with E-state index in [9.17, 15) is 9.90 Å². The van der Waals surface area contributed by atoms with Crippen LogP contribution in [0.25, 0.3) is 0 Å². The number of carbonyl (C=O) groups excluding carboxylic acids is 1. The van der Waals surface area contributed by atoms with Gasteiger partial charge in [0.15, 0.2) is 0 Å². The monoisotopic (exact) mass is 404 g/mol. The minimum absolute atomic E-state index is 0.0686. The summed E-state index contributed by atoms with van der Waals surface area (Å²) in [6.07, 6.45) is 3.17. The van der Waals surface area contributed by atoms with Crippen LogP contribution in [0.4, 0.5) is 0 Å². The van der Waals surface area contributed by atoms with Crippen molar-refractivity contribution in [3.8, 4) is 11.8 Å². The number of hydrogen-bond donors (Lipinski definition) is 1. The number of benzene rings is 2. The fourth-order valence-electron chi connectivity index (χ4n) is 3.82. The standard InChI is InChI=1S/C26H32N2O2/c1-26(2,30)17-16-20-8-14-23(15-9-20)25(29)28-18-6-5-7-24(28)22-12-10-21(11-13-22)19-27(3)4/h8-15,24,30H,5-7,18-19H2,1-4H3. The van der Waals surface area contributed by atoms with E-state index in [2.05, 4.69) is 55.1 Å². The second-order valence-corrected chi connectivity index (χ2v) is 8.88. The number of hydrogen-bond acceptors (Lipinski definition) is 3. The first-order chi connectivity index (χ1) is 14.2. The number of likely N-dealkylation sites (tertiary alicyclic amines) is 1. The second-order valence-electron chi connectivity index (χ2n) is 8.88. The molecule has 1 amide bonds. The normalized spacial score (nSPS) is 16.9. The Balaban J connectivity index is 1.77. The zero-order chi connectivity index (χ0) is 21.7. The summed E-state index contributed by atoms with van der Waals surface area (Å²) in [5.41, 5.74) is 2.93. The lowest BCUT2D eigenvalue weighted by Crippen LogP contribution is -2.38. The Morgan fingerprint density at radius 3 is 2.37 bits per heavy atom. The summed E-state index contributed by atoms with van der Waals surface area (Å²) in [6.45, 7) is 5.00. The van der Waals surface area contributed by atoms with Gasteiger partial charge in [-0.1, -0.05) is 36.1 Å². The molecule has 1 heterocycles. The van der Waals surface area contributed by atoms with E-state index in [4.69, 9.17) is 0 Å². The molecule has 30 heavy (non-hydrogen) atoms. The zero-order valence-electron chi connectivity index (χ0n) is 18.5. The molecule has 0 aliphatic carbocycles. The highest BCUT2D eigenvalue weighted by Crippen LogP contribution is 2.32. The predicted molar refractivity (Wildman–Crippen MR) is 121 cm³/mol. The van der Waals surface area contributed by atoms with Crippen LogP contribution in [0.15, 0.2) is 48.5 Å². The van der Waals surface area contributed by atoms with Crippen LogP contribution in [0.3, 0.4) is 0 Å². The average Bonchev–Trinajstić information content (AvgIpc) is 2.72. The van der Waals surface area contributed by atoms with E-state index in [0.29, 0.717) is 5.56 Å². The van der Waals surface area contributed by atoms with Crippen LogP contribution in [0.5, 0.6) is 0 Å². The van der Waals surface area contributed by atoms with Crippen LogP contribution in [0.1, 0.15) is 66.2 Å². The topological polar surface area (TPSA) is 43.8 Å². The van der Waals surface area contributed by atoms with Gasteiger partial charge in [0, 0.05) is 24.2 Å². The Hall–Kier alpha value is -2.61. The Morgan fingerprint density at radius 1 is 1.10 bits per heavy atom. The summed E-state index contributed by atoms with van der Waals surface area (Å²) in [5, 5.41) is 9.75. The molecule has 1 unspecified atom stereocenters. The molecular formula is C26H32N2O2. The van der Waals surface area contributed by atoms with Crippen LogP contribution in [-0.2, 0) is 6.54 Å². The van der Waals surface area contributed by atoms with Crippen molar-refractivity contribution in [2.24, 2.45) is 0 Å². The molecule has 0 saturated carbocycles. The number of aliphatic hydroxyl groups is 1. The van der Waals surface area contributed by atoms with E-state index >= 15 is 0 Å². The first-order valence-electron chi connectivity index (χ1n) is 10.6. The summed E-state index contributed by atoms with van der Waals surface area (Å²) in [7, 11) is 4.13. The van der Waals surface area contributed by atoms with Crippen molar-refractivity contribution in [2.75, 3.05) is 20.6 Å². The molecule has 1 aliphatic heterocycles. The lowest BCUT2D eigenvalue weighted by atomic mass is 9.93. The highest BCUT2D eigenvalue weighted by molar-refractivity contribution is 5.94. The highest BCUT2D eigenvalue weighted by Gasteiger charge is 2.28. The third-order valence-electron chi connectivity index (χ3n) is 5.27. The van der Waals surface area contributed by atoms with Gasteiger partial charge >= 0.3 is 0 Å². The van der Waals surface area contributed by atoms with Gasteiger partial charge in [-0.3, -0.25) is 4.79 Å². The number of nitrogens with zero attached hydrogens (tertiary/aromatic N) is 2. The molecule has 4 heteroatoms. The second kappa shape index (κ2) is 9.47. The van der Waals surface area contributed by atoms with Crippen molar-refractivity contribution in [3.05, 3.63) is 70.8 Å². The van der Waals surface area contributed by atoms with Crippen molar-refractivity contribution < 1.29 is 9.90 Å². The Bertz CT molecular complexity index is 913. The van der Waals surface area contributed by atoms with Crippen molar-refractivity contribution in [1.29, 1.82) is 0 Å². The van der Waals surface area contributed by atoms with E-state index in [-0.39, 0.29) is 11.9 Å². The molecule has 158 valence electrons. The van der Waals surface area contributed by atoms with Gasteiger partial charge in [-0.15, -0.1) is 0 Å². The molecule has 1 N–H and O–H groups in total. The summed E-state index contributed by atoms with van der Waals surface area (Å²) in [4.78, 5) is 17.4. The van der Waals surface area contributed by atoms with E-state index in [1.807, 2.05) is 29.2 Å². The van der Waals surface area contributed by atoms with E-state index in [0.717, 1.165) is 37.9 Å². The molecule has 1 aliphatic rings. The molecule has 1 saturated heterocycles. The number of amides is 1. The first-order valence-corrected chi connectivity index (χ1v) is 10.6. The molecule has 2 aromatic carbocycles.